The number of carbonyl (C=O) groups excluding carboxylic acids is 1. The van der Waals surface area contributed by atoms with Gasteiger partial charge < -0.3 is 10.4 Å². The monoisotopic (exact) mass is 252 g/mol. The second kappa shape index (κ2) is 6.83. The smallest absolute Gasteiger partial charge is 0.335 e. The molecule has 0 saturated heterocycles. The average molecular weight is 252 g/mol. The van der Waals surface area contributed by atoms with E-state index in [1.807, 2.05) is 0 Å². The van der Waals surface area contributed by atoms with Gasteiger partial charge in [0.2, 0.25) is 0 Å². The first-order chi connectivity index (χ1) is 8.60. The molecule has 0 aromatic carbocycles. The van der Waals surface area contributed by atoms with Crippen LogP contribution in [-0.2, 0) is 4.79 Å². The number of hydrogen-bond donors (Lipinski definition) is 2. The molecule has 0 bridgehead atoms. The van der Waals surface area contributed by atoms with E-state index in [2.05, 4.69) is 18.8 Å². The summed E-state index contributed by atoms with van der Waals surface area (Å²) >= 11 is 0. The van der Waals surface area contributed by atoms with Gasteiger partial charge in [0.25, 0.3) is 0 Å². The lowest BCUT2D eigenvalue weighted by Crippen LogP contribution is -2.49. The summed E-state index contributed by atoms with van der Waals surface area (Å²) in [7, 11) is 0. The van der Waals surface area contributed by atoms with E-state index in [1.54, 1.807) is 6.08 Å². The van der Waals surface area contributed by atoms with Gasteiger partial charge in [-0.1, -0.05) is 32.3 Å². The first kappa shape index (κ1) is 14.3. The van der Waals surface area contributed by atoms with Crippen LogP contribution in [0, 0.1) is 0 Å². The second-order valence-corrected chi connectivity index (χ2v) is 4.33. The number of aliphatic carboxylic acids is 1. The number of carbonyl (C=O) groups is 2. The first-order valence-electron chi connectivity index (χ1n) is 6.23. The first-order valence-corrected chi connectivity index (χ1v) is 6.23. The quantitative estimate of drug-likeness (QED) is 0.538. The molecule has 5 heteroatoms. The van der Waals surface area contributed by atoms with Crippen LogP contribution in [-0.4, -0.2) is 34.6 Å². The van der Waals surface area contributed by atoms with Gasteiger partial charge in [-0.15, -0.1) is 6.58 Å². The molecule has 0 radical (unpaired) electrons. The summed E-state index contributed by atoms with van der Waals surface area (Å²) in [5.74, 6) is -0.981. The van der Waals surface area contributed by atoms with Crippen molar-refractivity contribution in [2.75, 3.05) is 6.54 Å². The molecule has 5 nitrogen and oxygen atoms in total. The van der Waals surface area contributed by atoms with Crippen LogP contribution in [0.15, 0.2) is 24.4 Å². The Morgan fingerprint density at radius 3 is 2.89 bits per heavy atom. The van der Waals surface area contributed by atoms with Crippen LogP contribution in [0.1, 0.15) is 32.6 Å². The zero-order valence-electron chi connectivity index (χ0n) is 10.7. The lowest BCUT2D eigenvalue weighted by molar-refractivity contribution is -0.133. The molecule has 1 rings (SSSR count). The SMILES string of the molecule is C=CCN1C=C(C(=O)O)C(CCCCC)NC1=O. The zero-order valence-corrected chi connectivity index (χ0v) is 10.7. The van der Waals surface area contributed by atoms with Crippen molar-refractivity contribution in [2.45, 2.75) is 38.6 Å². The Hall–Kier alpha value is -1.78. The second-order valence-electron chi connectivity index (χ2n) is 4.33. The Kier molecular flexibility index (Phi) is 5.42. The molecular weight excluding hydrogens is 232 g/mol. The molecule has 18 heavy (non-hydrogen) atoms. The minimum absolute atomic E-state index is 0.243. The predicted octanol–water partition coefficient (Wildman–Crippen LogP) is 2.12. The normalized spacial score (nSPS) is 19.2. The molecule has 0 spiro atoms. The summed E-state index contributed by atoms with van der Waals surface area (Å²) in [6, 6.07) is -0.649. The number of nitrogens with zero attached hydrogens (tertiary/aromatic N) is 1. The summed E-state index contributed by atoms with van der Waals surface area (Å²) in [6.45, 7) is 5.93. The lowest BCUT2D eigenvalue weighted by atomic mass is 10.00. The Labute approximate surface area is 107 Å². The molecule has 1 unspecified atom stereocenters. The number of urea groups is 1. The van der Waals surface area contributed by atoms with Crippen LogP contribution < -0.4 is 5.32 Å². The molecule has 0 saturated carbocycles. The van der Waals surface area contributed by atoms with Crippen LogP contribution in [0.5, 0.6) is 0 Å². The molecule has 1 aliphatic rings. The standard InChI is InChI=1S/C13H20N2O3/c1-3-5-6-7-11-10(12(16)17)9-15(8-4-2)13(18)14-11/h4,9,11H,2-3,5-8H2,1H3,(H,14,18)(H,16,17). The number of unbranched alkanes of at least 4 members (excludes halogenated alkanes) is 2. The van der Waals surface area contributed by atoms with Crippen molar-refractivity contribution in [2.24, 2.45) is 0 Å². The summed E-state index contributed by atoms with van der Waals surface area (Å²) in [6.07, 6.45) is 6.66. The highest BCUT2D eigenvalue weighted by atomic mass is 16.4. The fraction of sp³-hybridized carbons (Fsp3) is 0.538. The highest BCUT2D eigenvalue weighted by Gasteiger charge is 2.29. The third kappa shape index (κ3) is 3.61. The third-order valence-electron chi connectivity index (χ3n) is 2.90. The minimum atomic E-state index is -0.981. The number of rotatable bonds is 7. The summed E-state index contributed by atoms with van der Waals surface area (Å²) < 4.78 is 0. The average Bonchev–Trinajstić information content (AvgIpc) is 2.32. The van der Waals surface area contributed by atoms with E-state index in [4.69, 9.17) is 5.11 Å². The fourth-order valence-electron chi connectivity index (χ4n) is 1.93. The predicted molar refractivity (Wildman–Crippen MR) is 69.1 cm³/mol. The number of hydrogen-bond acceptors (Lipinski definition) is 2. The number of carboxylic acids is 1. The summed E-state index contributed by atoms with van der Waals surface area (Å²) in [4.78, 5) is 24.2. The van der Waals surface area contributed by atoms with E-state index in [1.165, 1.54) is 11.1 Å². The van der Waals surface area contributed by atoms with Crippen LogP contribution >= 0.6 is 0 Å². The molecule has 100 valence electrons. The third-order valence-corrected chi connectivity index (χ3v) is 2.90. The van der Waals surface area contributed by atoms with Crippen LogP contribution in [0.4, 0.5) is 4.79 Å². The van der Waals surface area contributed by atoms with E-state index in [-0.39, 0.29) is 17.6 Å². The Balaban J connectivity index is 2.78. The molecule has 0 aromatic rings. The van der Waals surface area contributed by atoms with Gasteiger partial charge in [0.1, 0.15) is 0 Å². The summed E-state index contributed by atoms with van der Waals surface area (Å²) in [5, 5.41) is 11.9. The molecule has 2 N–H and O–H groups in total. The van der Waals surface area contributed by atoms with Gasteiger partial charge in [-0.25, -0.2) is 9.59 Å². The fourth-order valence-corrected chi connectivity index (χ4v) is 1.93. The van der Waals surface area contributed by atoms with Crippen molar-refractivity contribution in [1.29, 1.82) is 0 Å². The molecular formula is C13H20N2O3. The van der Waals surface area contributed by atoms with Crippen LogP contribution in [0.3, 0.4) is 0 Å². The van der Waals surface area contributed by atoms with Gasteiger partial charge >= 0.3 is 12.0 Å². The van der Waals surface area contributed by atoms with E-state index in [9.17, 15) is 9.59 Å². The highest BCUT2D eigenvalue weighted by molar-refractivity contribution is 5.92. The minimum Gasteiger partial charge on any atom is -0.478 e. The largest absolute Gasteiger partial charge is 0.478 e. The van der Waals surface area contributed by atoms with Crippen molar-refractivity contribution in [3.63, 3.8) is 0 Å². The van der Waals surface area contributed by atoms with Crippen LogP contribution in [0.2, 0.25) is 0 Å². The molecule has 0 aromatic heterocycles. The van der Waals surface area contributed by atoms with E-state index in [0.717, 1.165) is 19.3 Å². The van der Waals surface area contributed by atoms with Gasteiger partial charge in [0, 0.05) is 12.7 Å². The molecule has 1 heterocycles. The van der Waals surface area contributed by atoms with E-state index >= 15 is 0 Å². The van der Waals surface area contributed by atoms with Gasteiger partial charge in [-0.05, 0) is 6.42 Å². The van der Waals surface area contributed by atoms with Gasteiger partial charge in [-0.2, -0.15) is 0 Å². The topological polar surface area (TPSA) is 69.6 Å². The molecule has 0 aliphatic carbocycles. The maximum Gasteiger partial charge on any atom is 0.335 e. The van der Waals surface area contributed by atoms with Crippen LogP contribution in [0.25, 0.3) is 0 Å². The Morgan fingerprint density at radius 1 is 1.61 bits per heavy atom. The maximum absolute atomic E-state index is 11.7. The molecule has 0 fully saturated rings. The van der Waals surface area contributed by atoms with Crippen molar-refractivity contribution < 1.29 is 14.7 Å². The van der Waals surface area contributed by atoms with Crippen molar-refractivity contribution in [1.82, 2.24) is 10.2 Å². The highest BCUT2D eigenvalue weighted by Crippen LogP contribution is 2.17. The Morgan fingerprint density at radius 2 is 2.33 bits per heavy atom. The van der Waals surface area contributed by atoms with Crippen molar-refractivity contribution in [3.8, 4) is 0 Å². The molecule has 1 aliphatic heterocycles. The van der Waals surface area contributed by atoms with E-state index in [0.29, 0.717) is 13.0 Å². The van der Waals surface area contributed by atoms with Gasteiger partial charge in [0.15, 0.2) is 0 Å². The Bertz CT molecular complexity index is 363. The number of carboxylic acid groups (broad SMARTS) is 1. The van der Waals surface area contributed by atoms with Crippen molar-refractivity contribution in [3.05, 3.63) is 24.4 Å². The maximum atomic E-state index is 11.7. The number of nitrogens with one attached hydrogen (secondary N) is 1. The molecule has 1 atom stereocenters. The zero-order chi connectivity index (χ0) is 13.5. The molecule has 2 amide bonds. The van der Waals surface area contributed by atoms with Gasteiger partial charge in [0.05, 0.1) is 11.6 Å². The van der Waals surface area contributed by atoms with E-state index < -0.39 is 5.97 Å². The lowest BCUT2D eigenvalue weighted by Gasteiger charge is -2.30. The summed E-state index contributed by atoms with van der Waals surface area (Å²) in [5.41, 5.74) is 0.243. The van der Waals surface area contributed by atoms with Crippen molar-refractivity contribution >= 4 is 12.0 Å². The number of amides is 2. The van der Waals surface area contributed by atoms with Gasteiger partial charge in [-0.3, -0.25) is 4.90 Å².